The number of hydrogen-bond acceptors (Lipinski definition) is 3. The number of phenols is 1. The first-order valence-corrected chi connectivity index (χ1v) is 7.97. The van der Waals surface area contributed by atoms with E-state index in [4.69, 9.17) is 11.6 Å². The third-order valence-electron chi connectivity index (χ3n) is 3.50. The predicted octanol–water partition coefficient (Wildman–Crippen LogP) is 3.04. The second-order valence-electron chi connectivity index (χ2n) is 5.44. The molecule has 0 aliphatic heterocycles. The van der Waals surface area contributed by atoms with E-state index in [1.165, 1.54) is 0 Å². The lowest BCUT2D eigenvalue weighted by molar-refractivity contribution is -0.136. The van der Waals surface area contributed by atoms with Crippen LogP contribution in [0.2, 0.25) is 5.02 Å². The van der Waals surface area contributed by atoms with E-state index in [9.17, 15) is 14.7 Å². The van der Waals surface area contributed by atoms with Crippen LogP contribution >= 0.6 is 11.6 Å². The van der Waals surface area contributed by atoms with Gasteiger partial charge in [-0.25, -0.2) is 0 Å². The number of anilines is 1. The number of benzene rings is 2. The highest BCUT2D eigenvalue weighted by Crippen LogP contribution is 2.19. The van der Waals surface area contributed by atoms with Crippen molar-refractivity contribution >= 4 is 29.1 Å². The standard InChI is InChI=1S/C18H19ClN2O3/c1-12-4-7-14(11-16(12)19)21-18(24)17(23)20-10-2-3-13-5-8-15(22)9-6-13/h4-9,11,22H,2-3,10H2,1H3,(H,20,23)(H,21,24). The van der Waals surface area contributed by atoms with Crippen LogP contribution in [0.1, 0.15) is 17.5 Å². The molecular formula is C18H19ClN2O3. The molecule has 126 valence electrons. The fourth-order valence-electron chi connectivity index (χ4n) is 2.10. The van der Waals surface area contributed by atoms with Gasteiger partial charge in [-0.15, -0.1) is 0 Å². The van der Waals surface area contributed by atoms with Crippen LogP contribution in [-0.2, 0) is 16.0 Å². The van der Waals surface area contributed by atoms with E-state index in [-0.39, 0.29) is 5.75 Å². The summed E-state index contributed by atoms with van der Waals surface area (Å²) in [6.07, 6.45) is 1.44. The van der Waals surface area contributed by atoms with Gasteiger partial charge in [-0.2, -0.15) is 0 Å². The molecule has 2 aromatic carbocycles. The van der Waals surface area contributed by atoms with Gasteiger partial charge in [0.1, 0.15) is 5.75 Å². The maximum Gasteiger partial charge on any atom is 0.313 e. The summed E-state index contributed by atoms with van der Waals surface area (Å²) in [5.74, 6) is -1.18. The normalized spacial score (nSPS) is 10.2. The molecular weight excluding hydrogens is 328 g/mol. The van der Waals surface area contributed by atoms with Crippen molar-refractivity contribution in [3.05, 3.63) is 58.6 Å². The van der Waals surface area contributed by atoms with Crippen molar-refractivity contribution in [3.63, 3.8) is 0 Å². The van der Waals surface area contributed by atoms with Gasteiger partial charge in [0.25, 0.3) is 0 Å². The van der Waals surface area contributed by atoms with Crippen LogP contribution in [0.4, 0.5) is 5.69 Å². The summed E-state index contributed by atoms with van der Waals surface area (Å²) >= 11 is 5.98. The molecule has 0 aliphatic carbocycles. The molecule has 3 N–H and O–H groups in total. The van der Waals surface area contributed by atoms with Crippen molar-refractivity contribution in [1.82, 2.24) is 5.32 Å². The Hall–Kier alpha value is -2.53. The molecule has 24 heavy (non-hydrogen) atoms. The van der Waals surface area contributed by atoms with Crippen LogP contribution in [-0.4, -0.2) is 23.5 Å². The second kappa shape index (κ2) is 8.36. The maximum absolute atomic E-state index is 11.8. The lowest BCUT2D eigenvalue weighted by atomic mass is 10.1. The number of aromatic hydroxyl groups is 1. The van der Waals surface area contributed by atoms with Crippen LogP contribution in [0, 0.1) is 6.92 Å². The number of rotatable bonds is 5. The topological polar surface area (TPSA) is 78.4 Å². The Kier molecular flexibility index (Phi) is 6.21. The van der Waals surface area contributed by atoms with E-state index in [2.05, 4.69) is 10.6 Å². The Morgan fingerprint density at radius 2 is 1.79 bits per heavy atom. The van der Waals surface area contributed by atoms with Gasteiger partial charge < -0.3 is 15.7 Å². The Morgan fingerprint density at radius 3 is 2.46 bits per heavy atom. The summed E-state index contributed by atoms with van der Waals surface area (Å²) in [4.78, 5) is 23.6. The second-order valence-corrected chi connectivity index (χ2v) is 5.85. The summed E-state index contributed by atoms with van der Waals surface area (Å²) in [7, 11) is 0. The third-order valence-corrected chi connectivity index (χ3v) is 3.91. The molecule has 2 aromatic rings. The molecule has 0 unspecified atom stereocenters. The number of carbonyl (C=O) groups is 2. The zero-order valence-corrected chi connectivity index (χ0v) is 14.1. The first-order valence-electron chi connectivity index (χ1n) is 7.59. The summed E-state index contributed by atoms with van der Waals surface area (Å²) in [6.45, 7) is 2.25. The average Bonchev–Trinajstić information content (AvgIpc) is 2.56. The van der Waals surface area contributed by atoms with Gasteiger partial charge in [-0.05, 0) is 55.2 Å². The minimum absolute atomic E-state index is 0.222. The largest absolute Gasteiger partial charge is 0.508 e. The van der Waals surface area contributed by atoms with Crippen LogP contribution in [0.3, 0.4) is 0 Å². The van der Waals surface area contributed by atoms with Crippen molar-refractivity contribution in [2.45, 2.75) is 19.8 Å². The third kappa shape index (κ3) is 5.28. The fourth-order valence-corrected chi connectivity index (χ4v) is 2.28. The summed E-state index contributed by atoms with van der Waals surface area (Å²) < 4.78 is 0. The van der Waals surface area contributed by atoms with E-state index < -0.39 is 11.8 Å². The van der Waals surface area contributed by atoms with E-state index in [1.54, 1.807) is 30.3 Å². The molecule has 2 rings (SSSR count). The first-order chi connectivity index (χ1) is 11.5. The molecule has 0 spiro atoms. The summed E-state index contributed by atoms with van der Waals surface area (Å²) in [5, 5.41) is 14.8. The van der Waals surface area contributed by atoms with E-state index in [0.717, 1.165) is 17.5 Å². The van der Waals surface area contributed by atoms with Gasteiger partial charge in [0.15, 0.2) is 0 Å². The van der Waals surface area contributed by atoms with E-state index in [1.807, 2.05) is 19.1 Å². The van der Waals surface area contributed by atoms with Crippen molar-refractivity contribution in [2.75, 3.05) is 11.9 Å². The molecule has 0 saturated heterocycles. The van der Waals surface area contributed by atoms with Crippen molar-refractivity contribution in [3.8, 4) is 5.75 Å². The zero-order chi connectivity index (χ0) is 17.5. The lowest BCUT2D eigenvalue weighted by Gasteiger charge is -2.08. The van der Waals surface area contributed by atoms with Gasteiger partial charge in [0.05, 0.1) is 0 Å². The van der Waals surface area contributed by atoms with Crippen LogP contribution in [0.5, 0.6) is 5.75 Å². The Balaban J connectivity index is 1.74. The SMILES string of the molecule is Cc1ccc(NC(=O)C(=O)NCCCc2ccc(O)cc2)cc1Cl. The number of hydrogen-bond donors (Lipinski definition) is 3. The summed E-state index contributed by atoms with van der Waals surface area (Å²) in [5.41, 5.74) is 2.43. The van der Waals surface area contributed by atoms with Crippen molar-refractivity contribution < 1.29 is 14.7 Å². The molecule has 0 atom stereocenters. The lowest BCUT2D eigenvalue weighted by Crippen LogP contribution is -2.36. The molecule has 0 bridgehead atoms. The van der Waals surface area contributed by atoms with Crippen LogP contribution in [0.15, 0.2) is 42.5 Å². The molecule has 0 aliphatic rings. The quantitative estimate of drug-likeness (QED) is 0.575. The van der Waals surface area contributed by atoms with Crippen molar-refractivity contribution in [2.24, 2.45) is 0 Å². The molecule has 0 fully saturated rings. The molecule has 0 radical (unpaired) electrons. The van der Waals surface area contributed by atoms with Gasteiger partial charge in [0.2, 0.25) is 0 Å². The highest BCUT2D eigenvalue weighted by Gasteiger charge is 2.13. The maximum atomic E-state index is 11.8. The molecule has 0 heterocycles. The van der Waals surface area contributed by atoms with Gasteiger partial charge in [0, 0.05) is 17.3 Å². The fraction of sp³-hybridized carbons (Fsp3) is 0.222. The zero-order valence-electron chi connectivity index (χ0n) is 13.3. The van der Waals surface area contributed by atoms with E-state index >= 15 is 0 Å². The summed E-state index contributed by atoms with van der Waals surface area (Å²) in [6, 6.07) is 12.0. The van der Waals surface area contributed by atoms with Gasteiger partial charge >= 0.3 is 11.8 Å². The number of aryl methyl sites for hydroxylation is 2. The highest BCUT2D eigenvalue weighted by atomic mass is 35.5. The van der Waals surface area contributed by atoms with E-state index in [0.29, 0.717) is 23.7 Å². The minimum Gasteiger partial charge on any atom is -0.508 e. The van der Waals surface area contributed by atoms with Gasteiger partial charge in [-0.1, -0.05) is 29.8 Å². The number of halogens is 1. The Bertz CT molecular complexity index is 730. The minimum atomic E-state index is -0.723. The van der Waals surface area contributed by atoms with Gasteiger partial charge in [-0.3, -0.25) is 9.59 Å². The Labute approximate surface area is 145 Å². The number of phenolic OH excluding ortho intramolecular Hbond substituents is 1. The molecule has 5 nitrogen and oxygen atoms in total. The predicted molar refractivity (Wildman–Crippen MR) is 94.3 cm³/mol. The molecule has 6 heteroatoms. The highest BCUT2D eigenvalue weighted by molar-refractivity contribution is 6.39. The average molecular weight is 347 g/mol. The monoisotopic (exact) mass is 346 g/mol. The smallest absolute Gasteiger partial charge is 0.313 e. The number of carbonyl (C=O) groups excluding carboxylic acids is 2. The Morgan fingerprint density at radius 1 is 1.08 bits per heavy atom. The van der Waals surface area contributed by atoms with Crippen LogP contribution in [0.25, 0.3) is 0 Å². The van der Waals surface area contributed by atoms with Crippen molar-refractivity contribution in [1.29, 1.82) is 0 Å². The molecule has 2 amide bonds. The van der Waals surface area contributed by atoms with Crippen LogP contribution < -0.4 is 10.6 Å². The first kappa shape index (κ1) is 17.8. The number of nitrogens with one attached hydrogen (secondary N) is 2. The molecule has 0 saturated carbocycles. The molecule has 0 aromatic heterocycles. The number of amides is 2.